The molecule has 0 bridgehead atoms. The molecule has 2 fully saturated rings. The summed E-state index contributed by atoms with van der Waals surface area (Å²) in [5.41, 5.74) is 7.29. The molecule has 1 saturated carbocycles. The highest BCUT2D eigenvalue weighted by atomic mass is 16.2. The molecule has 1 aliphatic carbocycles. The van der Waals surface area contributed by atoms with E-state index in [9.17, 15) is 9.59 Å². The highest BCUT2D eigenvalue weighted by molar-refractivity contribution is 5.97. The maximum atomic E-state index is 12.6. The number of carbonyl (C=O) groups excluding carboxylic acids is 2. The van der Waals surface area contributed by atoms with Gasteiger partial charge in [0, 0.05) is 30.8 Å². The van der Waals surface area contributed by atoms with Crippen molar-refractivity contribution in [3.63, 3.8) is 0 Å². The smallest absolute Gasteiger partial charge is 0.253 e. The van der Waals surface area contributed by atoms with E-state index in [2.05, 4.69) is 5.32 Å². The Balaban J connectivity index is 1.62. The second-order valence-corrected chi connectivity index (χ2v) is 7.92. The van der Waals surface area contributed by atoms with Gasteiger partial charge in [-0.1, -0.05) is 25.3 Å². The number of anilines is 1. The Morgan fingerprint density at radius 3 is 2.42 bits per heavy atom. The zero-order valence-corrected chi connectivity index (χ0v) is 15.6. The van der Waals surface area contributed by atoms with Crippen molar-refractivity contribution in [1.29, 1.82) is 0 Å². The van der Waals surface area contributed by atoms with Gasteiger partial charge in [0.05, 0.1) is 0 Å². The Morgan fingerprint density at radius 1 is 1.04 bits per heavy atom. The fourth-order valence-electron chi connectivity index (χ4n) is 4.31. The van der Waals surface area contributed by atoms with Crippen molar-refractivity contribution in [2.24, 2.45) is 11.1 Å². The maximum Gasteiger partial charge on any atom is 0.253 e. The molecule has 5 heteroatoms. The van der Waals surface area contributed by atoms with Crippen LogP contribution >= 0.6 is 0 Å². The quantitative estimate of drug-likeness (QED) is 0.846. The van der Waals surface area contributed by atoms with Crippen molar-refractivity contribution < 1.29 is 9.59 Å². The molecule has 142 valence electrons. The fourth-order valence-corrected chi connectivity index (χ4v) is 4.31. The lowest BCUT2D eigenvalue weighted by molar-refractivity contribution is -0.118. The lowest BCUT2D eigenvalue weighted by Crippen LogP contribution is -2.36. The molecular formula is C21H31N3O2. The molecule has 1 heterocycles. The van der Waals surface area contributed by atoms with Crippen LogP contribution in [0.15, 0.2) is 24.3 Å². The molecule has 5 nitrogen and oxygen atoms in total. The Labute approximate surface area is 156 Å². The third-order valence-electron chi connectivity index (χ3n) is 5.92. The molecule has 0 radical (unpaired) electrons. The average Bonchev–Trinajstić information content (AvgIpc) is 2.69. The minimum Gasteiger partial charge on any atom is -0.339 e. The van der Waals surface area contributed by atoms with E-state index in [1.807, 2.05) is 23.1 Å². The molecule has 2 amide bonds. The first-order valence-electron chi connectivity index (χ1n) is 10.0. The molecule has 26 heavy (non-hydrogen) atoms. The van der Waals surface area contributed by atoms with Gasteiger partial charge in [-0.05, 0) is 62.3 Å². The van der Waals surface area contributed by atoms with Gasteiger partial charge in [0.15, 0.2) is 0 Å². The highest BCUT2D eigenvalue weighted by Gasteiger charge is 2.33. The van der Waals surface area contributed by atoms with Gasteiger partial charge in [-0.3, -0.25) is 9.59 Å². The molecule has 1 aromatic rings. The molecule has 0 spiro atoms. The van der Waals surface area contributed by atoms with Crippen molar-refractivity contribution in [2.75, 3.05) is 25.0 Å². The van der Waals surface area contributed by atoms with Crippen molar-refractivity contribution in [3.05, 3.63) is 29.8 Å². The Hall–Kier alpha value is -1.88. The first kappa shape index (κ1) is 18.9. The van der Waals surface area contributed by atoms with E-state index < -0.39 is 0 Å². The topological polar surface area (TPSA) is 75.4 Å². The van der Waals surface area contributed by atoms with Crippen LogP contribution in [0.3, 0.4) is 0 Å². The number of likely N-dealkylation sites (tertiary alicyclic amines) is 1. The van der Waals surface area contributed by atoms with Gasteiger partial charge < -0.3 is 16.0 Å². The number of benzene rings is 1. The fraction of sp³-hybridized carbons (Fsp3) is 0.619. The summed E-state index contributed by atoms with van der Waals surface area (Å²) < 4.78 is 0. The number of hydrogen-bond acceptors (Lipinski definition) is 3. The van der Waals surface area contributed by atoms with Gasteiger partial charge in [-0.25, -0.2) is 0 Å². The van der Waals surface area contributed by atoms with Gasteiger partial charge in [-0.2, -0.15) is 0 Å². The first-order valence-corrected chi connectivity index (χ1v) is 10.0. The Kier molecular flexibility index (Phi) is 6.30. The van der Waals surface area contributed by atoms with Crippen LogP contribution in [0.25, 0.3) is 0 Å². The second kappa shape index (κ2) is 8.67. The second-order valence-electron chi connectivity index (χ2n) is 7.92. The zero-order valence-electron chi connectivity index (χ0n) is 15.6. The van der Waals surface area contributed by atoms with E-state index in [0.717, 1.165) is 51.6 Å². The molecule has 0 aromatic heterocycles. The minimum atomic E-state index is -0.0520. The van der Waals surface area contributed by atoms with Crippen LogP contribution in [0.2, 0.25) is 0 Å². The van der Waals surface area contributed by atoms with Gasteiger partial charge in [-0.15, -0.1) is 0 Å². The summed E-state index contributed by atoms with van der Waals surface area (Å²) in [4.78, 5) is 27.1. The summed E-state index contributed by atoms with van der Waals surface area (Å²) >= 11 is 0. The number of piperidine rings is 1. The Bertz CT molecular complexity index is 632. The number of carbonyl (C=O) groups is 2. The first-order chi connectivity index (χ1) is 12.6. The molecule has 1 aromatic carbocycles. The van der Waals surface area contributed by atoms with E-state index in [1.54, 1.807) is 6.07 Å². The SMILES string of the molecule is NCC1(CC(=O)Nc2cccc(C(=O)N3CCCCC3)c2)CCCCC1. The van der Waals surface area contributed by atoms with E-state index in [4.69, 9.17) is 5.73 Å². The van der Waals surface area contributed by atoms with Gasteiger partial charge >= 0.3 is 0 Å². The molecule has 1 saturated heterocycles. The van der Waals surface area contributed by atoms with Crippen molar-refractivity contribution in [3.8, 4) is 0 Å². The predicted molar refractivity (Wildman–Crippen MR) is 104 cm³/mol. The Morgan fingerprint density at radius 2 is 1.73 bits per heavy atom. The van der Waals surface area contributed by atoms with Crippen LogP contribution in [0.5, 0.6) is 0 Å². The van der Waals surface area contributed by atoms with E-state index >= 15 is 0 Å². The molecule has 3 N–H and O–H groups in total. The lowest BCUT2D eigenvalue weighted by atomic mass is 9.71. The highest BCUT2D eigenvalue weighted by Crippen LogP contribution is 2.38. The minimum absolute atomic E-state index is 0.0000727. The number of hydrogen-bond donors (Lipinski definition) is 2. The largest absolute Gasteiger partial charge is 0.339 e. The number of nitrogens with two attached hydrogens (primary N) is 1. The van der Waals surface area contributed by atoms with Crippen molar-refractivity contribution in [2.45, 2.75) is 57.8 Å². The van der Waals surface area contributed by atoms with Crippen LogP contribution < -0.4 is 11.1 Å². The van der Waals surface area contributed by atoms with Gasteiger partial charge in [0.1, 0.15) is 0 Å². The molecule has 2 aliphatic rings. The average molecular weight is 357 g/mol. The third-order valence-corrected chi connectivity index (χ3v) is 5.92. The van der Waals surface area contributed by atoms with Crippen LogP contribution in [0, 0.1) is 5.41 Å². The summed E-state index contributed by atoms with van der Waals surface area (Å²) in [6, 6.07) is 7.31. The van der Waals surface area contributed by atoms with E-state index in [0.29, 0.717) is 24.2 Å². The summed E-state index contributed by atoms with van der Waals surface area (Å²) in [6.07, 6.45) is 9.43. The van der Waals surface area contributed by atoms with Crippen molar-refractivity contribution in [1.82, 2.24) is 4.90 Å². The third kappa shape index (κ3) is 4.64. The maximum absolute atomic E-state index is 12.6. The molecule has 1 aliphatic heterocycles. The molecule has 3 rings (SSSR count). The number of nitrogens with one attached hydrogen (secondary N) is 1. The molecule has 0 unspecified atom stereocenters. The van der Waals surface area contributed by atoms with E-state index in [-0.39, 0.29) is 17.2 Å². The predicted octanol–water partition coefficient (Wildman–Crippen LogP) is 3.55. The molecular weight excluding hydrogens is 326 g/mol. The van der Waals surface area contributed by atoms with Crippen LogP contribution in [0.1, 0.15) is 68.1 Å². The summed E-state index contributed by atoms with van der Waals surface area (Å²) in [7, 11) is 0. The van der Waals surface area contributed by atoms with Crippen LogP contribution in [-0.4, -0.2) is 36.3 Å². The lowest BCUT2D eigenvalue weighted by Gasteiger charge is -2.35. The standard InChI is InChI=1S/C21H31N3O2/c22-16-21(10-3-1-4-11-21)15-19(25)23-18-9-7-8-17(14-18)20(26)24-12-5-2-6-13-24/h7-9,14H,1-6,10-13,15-16,22H2,(H,23,25). The summed E-state index contributed by atoms with van der Waals surface area (Å²) in [5, 5.41) is 2.98. The normalized spacial score (nSPS) is 19.8. The number of amides is 2. The van der Waals surface area contributed by atoms with Crippen LogP contribution in [-0.2, 0) is 4.79 Å². The summed E-state index contributed by atoms with van der Waals surface area (Å²) in [5.74, 6) is 0.0615. The molecule has 0 atom stereocenters. The van der Waals surface area contributed by atoms with Crippen molar-refractivity contribution >= 4 is 17.5 Å². The van der Waals surface area contributed by atoms with Gasteiger partial charge in [0.2, 0.25) is 5.91 Å². The number of rotatable bonds is 5. The van der Waals surface area contributed by atoms with Crippen LogP contribution in [0.4, 0.5) is 5.69 Å². The zero-order chi connectivity index (χ0) is 18.4. The van der Waals surface area contributed by atoms with E-state index in [1.165, 1.54) is 12.8 Å². The monoisotopic (exact) mass is 357 g/mol. The number of nitrogens with zero attached hydrogens (tertiary/aromatic N) is 1. The summed E-state index contributed by atoms with van der Waals surface area (Å²) in [6.45, 7) is 2.22. The van der Waals surface area contributed by atoms with Gasteiger partial charge in [0.25, 0.3) is 5.91 Å².